The van der Waals surface area contributed by atoms with Crippen molar-refractivity contribution in [2.45, 2.75) is 19.6 Å². The highest BCUT2D eigenvalue weighted by Gasteiger charge is 2.15. The van der Waals surface area contributed by atoms with Gasteiger partial charge in [0.05, 0.1) is 0 Å². The van der Waals surface area contributed by atoms with E-state index < -0.39 is 8.32 Å². The molecule has 1 rings (SSSR count). The quantitative estimate of drug-likeness (QED) is 0.426. The van der Waals surface area contributed by atoms with Crippen molar-refractivity contribution in [3.8, 4) is 0 Å². The van der Waals surface area contributed by atoms with Crippen molar-refractivity contribution in [3.63, 3.8) is 0 Å². The molecule has 0 bridgehead atoms. The van der Waals surface area contributed by atoms with Gasteiger partial charge < -0.3 is 4.53 Å². The molecule has 3 nitrogen and oxygen atoms in total. The summed E-state index contributed by atoms with van der Waals surface area (Å²) in [4.78, 5) is 4.04. The lowest BCUT2D eigenvalue weighted by atomic mass is 10.8. The first kappa shape index (κ1) is 9.41. The average Bonchev–Trinajstić information content (AvgIpc) is 2.36. The highest BCUT2D eigenvalue weighted by atomic mass is 32.1. The van der Waals surface area contributed by atoms with Crippen molar-refractivity contribution >= 4 is 25.9 Å². The van der Waals surface area contributed by atoms with Crippen molar-refractivity contribution in [3.05, 3.63) is 16.6 Å². The molecule has 1 aromatic heterocycles. The van der Waals surface area contributed by atoms with E-state index in [0.29, 0.717) is 0 Å². The van der Waals surface area contributed by atoms with Gasteiger partial charge in [-0.05, 0) is 19.6 Å². The number of thiazole rings is 1. The molecular formula is C7H12N2OSSi. The minimum Gasteiger partial charge on any atom is -0.456 e. The van der Waals surface area contributed by atoms with E-state index in [1.54, 1.807) is 23.7 Å². The van der Waals surface area contributed by atoms with Crippen molar-refractivity contribution in [1.82, 2.24) is 4.98 Å². The van der Waals surface area contributed by atoms with E-state index in [1.807, 2.05) is 5.38 Å². The van der Waals surface area contributed by atoms with Crippen LogP contribution in [0.4, 0.5) is 0 Å². The molecule has 0 unspecified atom stereocenters. The minimum absolute atomic E-state index is 0.883. The van der Waals surface area contributed by atoms with Gasteiger partial charge in [0, 0.05) is 11.6 Å². The maximum atomic E-state index is 5.28. The molecule has 0 aromatic carbocycles. The number of hydrogen-bond donors (Lipinski definition) is 0. The zero-order valence-corrected chi connectivity index (χ0v) is 9.26. The summed E-state index contributed by atoms with van der Waals surface area (Å²) in [5.41, 5.74) is 0. The first-order chi connectivity index (χ1) is 5.58. The predicted molar refractivity (Wildman–Crippen MR) is 54.1 cm³/mol. The summed E-state index contributed by atoms with van der Waals surface area (Å²) in [6.45, 7) is 6.27. The highest BCUT2D eigenvalue weighted by Crippen LogP contribution is 2.04. The van der Waals surface area contributed by atoms with Gasteiger partial charge in [-0.2, -0.15) is 0 Å². The average molecular weight is 200 g/mol. The molecule has 0 saturated heterocycles. The Balaban J connectivity index is 2.42. The van der Waals surface area contributed by atoms with Crippen LogP contribution >= 0.6 is 11.3 Å². The molecule has 0 N–H and O–H groups in total. The number of rotatable bonds is 3. The van der Waals surface area contributed by atoms with E-state index in [1.165, 1.54) is 0 Å². The molecule has 0 amide bonds. The molecular weight excluding hydrogens is 188 g/mol. The molecule has 0 saturated carbocycles. The van der Waals surface area contributed by atoms with Gasteiger partial charge in [0.1, 0.15) is 11.2 Å². The number of oxime groups is 1. The molecule has 0 atom stereocenters. The van der Waals surface area contributed by atoms with E-state index in [2.05, 4.69) is 29.8 Å². The number of hydrogen-bond acceptors (Lipinski definition) is 4. The molecule has 0 aliphatic rings. The third kappa shape index (κ3) is 3.63. The summed E-state index contributed by atoms with van der Waals surface area (Å²) in [6, 6.07) is 0. The van der Waals surface area contributed by atoms with Crippen LogP contribution in [-0.4, -0.2) is 19.5 Å². The fraction of sp³-hybridized carbons (Fsp3) is 0.429. The maximum Gasteiger partial charge on any atom is 0.278 e. The van der Waals surface area contributed by atoms with Crippen LogP contribution in [0.15, 0.2) is 16.7 Å². The molecule has 0 aliphatic heterocycles. The standard InChI is InChI=1S/C7H12N2OSSi/c1-12(2,3)10-9-6-7-8-4-5-11-7/h4-6H,1-3H3/b9-6+. The Bertz CT molecular complexity index is 253. The maximum absolute atomic E-state index is 5.28. The summed E-state index contributed by atoms with van der Waals surface area (Å²) in [5, 5.41) is 6.66. The second kappa shape index (κ2) is 3.82. The molecule has 12 heavy (non-hydrogen) atoms. The van der Waals surface area contributed by atoms with Crippen molar-refractivity contribution in [1.29, 1.82) is 0 Å². The van der Waals surface area contributed by atoms with Gasteiger partial charge >= 0.3 is 0 Å². The van der Waals surface area contributed by atoms with Crippen LogP contribution in [0.25, 0.3) is 0 Å². The smallest absolute Gasteiger partial charge is 0.278 e. The third-order valence-electron chi connectivity index (χ3n) is 0.941. The van der Waals surface area contributed by atoms with E-state index in [-0.39, 0.29) is 0 Å². The summed E-state index contributed by atoms with van der Waals surface area (Å²) in [7, 11) is -1.51. The zero-order valence-electron chi connectivity index (χ0n) is 7.44. The Morgan fingerprint density at radius 3 is 2.83 bits per heavy atom. The number of aromatic nitrogens is 1. The van der Waals surface area contributed by atoms with Crippen LogP contribution in [0.3, 0.4) is 0 Å². The van der Waals surface area contributed by atoms with Gasteiger partial charge in [0.25, 0.3) is 8.32 Å². The molecule has 0 aliphatic carbocycles. The minimum atomic E-state index is -1.51. The second-order valence-electron chi connectivity index (χ2n) is 3.31. The van der Waals surface area contributed by atoms with Crippen molar-refractivity contribution in [2.24, 2.45) is 5.16 Å². The molecule has 0 spiro atoms. The second-order valence-corrected chi connectivity index (χ2v) is 8.64. The van der Waals surface area contributed by atoms with E-state index in [4.69, 9.17) is 4.53 Å². The zero-order chi connectivity index (χ0) is 9.03. The Labute approximate surface area is 77.2 Å². The normalized spacial score (nSPS) is 12.2. The van der Waals surface area contributed by atoms with Gasteiger partial charge in [-0.25, -0.2) is 4.98 Å². The first-order valence-corrected chi connectivity index (χ1v) is 7.98. The lowest BCUT2D eigenvalue weighted by Gasteiger charge is -2.11. The van der Waals surface area contributed by atoms with Crippen molar-refractivity contribution < 1.29 is 4.53 Å². The lowest BCUT2D eigenvalue weighted by molar-refractivity contribution is 0.338. The molecule has 0 fully saturated rings. The highest BCUT2D eigenvalue weighted by molar-refractivity contribution is 7.11. The Morgan fingerprint density at radius 1 is 1.58 bits per heavy atom. The molecule has 1 aromatic rings. The largest absolute Gasteiger partial charge is 0.456 e. The van der Waals surface area contributed by atoms with Crippen LogP contribution in [0.5, 0.6) is 0 Å². The molecule has 1 heterocycles. The van der Waals surface area contributed by atoms with Gasteiger partial charge in [0.15, 0.2) is 0 Å². The summed E-state index contributed by atoms with van der Waals surface area (Å²) in [5.74, 6) is 0. The SMILES string of the molecule is C[Si](C)(C)O/N=C/c1nccs1. The molecule has 5 heteroatoms. The Hall–Kier alpha value is -0.683. The monoisotopic (exact) mass is 200 g/mol. The van der Waals surface area contributed by atoms with Crippen LogP contribution in [0, 0.1) is 0 Å². The molecule has 66 valence electrons. The van der Waals surface area contributed by atoms with Crippen LogP contribution < -0.4 is 0 Å². The van der Waals surface area contributed by atoms with Crippen molar-refractivity contribution in [2.75, 3.05) is 0 Å². The van der Waals surface area contributed by atoms with E-state index in [0.717, 1.165) is 5.01 Å². The lowest BCUT2D eigenvalue weighted by Crippen LogP contribution is -2.22. The fourth-order valence-electron chi connectivity index (χ4n) is 0.528. The topological polar surface area (TPSA) is 34.5 Å². The summed E-state index contributed by atoms with van der Waals surface area (Å²) >= 11 is 1.55. The predicted octanol–water partition coefficient (Wildman–Crippen LogP) is 2.33. The van der Waals surface area contributed by atoms with E-state index in [9.17, 15) is 0 Å². The van der Waals surface area contributed by atoms with Crippen LogP contribution in [0.1, 0.15) is 5.01 Å². The summed E-state index contributed by atoms with van der Waals surface area (Å²) < 4.78 is 5.28. The fourth-order valence-corrected chi connectivity index (χ4v) is 1.38. The van der Waals surface area contributed by atoms with Gasteiger partial charge in [-0.15, -0.1) is 16.5 Å². The third-order valence-corrected chi connectivity index (χ3v) is 2.30. The molecule has 0 radical (unpaired) electrons. The van der Waals surface area contributed by atoms with E-state index >= 15 is 0 Å². The van der Waals surface area contributed by atoms with Crippen LogP contribution in [-0.2, 0) is 4.53 Å². The van der Waals surface area contributed by atoms with Gasteiger partial charge in [0.2, 0.25) is 0 Å². The Kier molecular flexibility index (Phi) is 2.99. The first-order valence-electron chi connectivity index (χ1n) is 3.69. The Morgan fingerprint density at radius 2 is 2.33 bits per heavy atom. The van der Waals surface area contributed by atoms with Gasteiger partial charge in [-0.3, -0.25) is 0 Å². The number of nitrogens with zero attached hydrogens (tertiary/aromatic N) is 2. The summed E-state index contributed by atoms with van der Waals surface area (Å²) in [6.07, 6.45) is 3.41. The van der Waals surface area contributed by atoms with Gasteiger partial charge in [-0.1, -0.05) is 0 Å². The van der Waals surface area contributed by atoms with Crippen LogP contribution in [0.2, 0.25) is 19.6 Å².